The fraction of sp³-hybridized carbons (Fsp3) is 0. The fourth-order valence-electron chi connectivity index (χ4n) is 0. The first-order valence-corrected chi connectivity index (χ1v) is 2.19. The standard InChI is InChI=1S/Li.Mg.H3O4P.Ti/c;;1-5(2,3)4;/h;;(H3,1,2,3,4);/q+1;+2;;/p-3. The van der Waals surface area contributed by atoms with E-state index in [1.165, 1.54) is 0 Å². The van der Waals surface area contributed by atoms with Gasteiger partial charge < -0.3 is 19.2 Å². The van der Waals surface area contributed by atoms with Crippen LogP contribution in [0.5, 0.6) is 0 Å². The average molecular weight is 174 g/mol. The third kappa shape index (κ3) is 88.4. The van der Waals surface area contributed by atoms with Gasteiger partial charge in [-0.1, -0.05) is 0 Å². The van der Waals surface area contributed by atoms with Crippen LogP contribution in [0.15, 0.2) is 0 Å². The van der Waals surface area contributed by atoms with E-state index in [0.717, 1.165) is 0 Å². The Hall–Kier alpha value is 2.19. The van der Waals surface area contributed by atoms with Crippen molar-refractivity contribution in [2.45, 2.75) is 0 Å². The van der Waals surface area contributed by atoms with Gasteiger partial charge in [-0.2, -0.15) is 7.82 Å². The molecule has 0 aromatic rings. The summed E-state index contributed by atoms with van der Waals surface area (Å²) in [5, 5.41) is 0. The molecule has 0 aliphatic carbocycles. The van der Waals surface area contributed by atoms with Gasteiger partial charge in [0, 0.05) is 21.7 Å². The first-order chi connectivity index (χ1) is 2.00. The maximum absolute atomic E-state index is 8.55. The minimum atomic E-state index is -5.39. The van der Waals surface area contributed by atoms with E-state index < -0.39 is 7.82 Å². The summed E-state index contributed by atoms with van der Waals surface area (Å²) in [6.07, 6.45) is 0. The van der Waals surface area contributed by atoms with Crippen LogP contribution in [0.3, 0.4) is 0 Å². The van der Waals surface area contributed by atoms with Gasteiger partial charge in [0.05, 0.1) is 0 Å². The van der Waals surface area contributed by atoms with Gasteiger partial charge in [-0.25, -0.2) is 0 Å². The van der Waals surface area contributed by atoms with Crippen molar-refractivity contribution in [2.24, 2.45) is 0 Å². The second-order valence-corrected chi connectivity index (χ2v) is 1.34. The van der Waals surface area contributed by atoms with Gasteiger partial charge in [0.1, 0.15) is 0 Å². The minimum Gasteiger partial charge on any atom is -0.822 e. The molecule has 0 saturated heterocycles. The molecular weight excluding hydrogens is 174 g/mol. The monoisotopic (exact) mass is 174 g/mol. The smallest absolute Gasteiger partial charge is 0.822 e. The molecule has 0 unspecified atom stereocenters. The first-order valence-electron chi connectivity index (χ1n) is 0.730. The molecule has 0 aromatic carbocycles. The molecule has 0 aliphatic heterocycles. The van der Waals surface area contributed by atoms with Crippen molar-refractivity contribution in [1.82, 2.24) is 0 Å². The molecule has 4 nitrogen and oxygen atoms in total. The van der Waals surface area contributed by atoms with E-state index in [0.29, 0.717) is 0 Å². The van der Waals surface area contributed by atoms with Crippen molar-refractivity contribution in [1.29, 1.82) is 0 Å². The van der Waals surface area contributed by atoms with E-state index in [1.54, 1.807) is 0 Å². The molecule has 0 rings (SSSR count). The number of phosphoric acid groups is 1. The molecule has 8 heavy (non-hydrogen) atoms. The van der Waals surface area contributed by atoms with Gasteiger partial charge >= 0.3 is 41.9 Å². The average Bonchev–Trinajstić information content (AvgIpc) is 0.722. The van der Waals surface area contributed by atoms with E-state index in [-0.39, 0.29) is 63.6 Å². The maximum Gasteiger partial charge on any atom is 2.00 e. The SMILES string of the molecule is O=P([O-])([O-])[O-].[Li+].[Mg+2].[Ti]. The van der Waals surface area contributed by atoms with Crippen LogP contribution in [0, 0.1) is 0 Å². The van der Waals surface area contributed by atoms with Crippen molar-refractivity contribution in [3.8, 4) is 0 Å². The predicted octanol–water partition coefficient (Wildman–Crippen LogP) is -6.20. The summed E-state index contributed by atoms with van der Waals surface area (Å²) < 4.78 is 8.55. The van der Waals surface area contributed by atoms with Crippen molar-refractivity contribution < 1.29 is 59.8 Å². The quantitative estimate of drug-likeness (QED) is 0.270. The summed E-state index contributed by atoms with van der Waals surface area (Å²) >= 11 is 0. The van der Waals surface area contributed by atoms with Crippen molar-refractivity contribution >= 4 is 30.9 Å². The zero-order chi connectivity index (χ0) is 4.50. The van der Waals surface area contributed by atoms with Crippen LogP contribution in [0.4, 0.5) is 0 Å². The number of hydrogen-bond acceptors (Lipinski definition) is 4. The van der Waals surface area contributed by atoms with Crippen LogP contribution in [0.2, 0.25) is 0 Å². The molecule has 0 heterocycles. The topological polar surface area (TPSA) is 86.2 Å². The summed E-state index contributed by atoms with van der Waals surface area (Å²) in [6.45, 7) is 0. The third-order valence-electron chi connectivity index (χ3n) is 0. The van der Waals surface area contributed by atoms with E-state index in [2.05, 4.69) is 0 Å². The second kappa shape index (κ2) is 9.19. The Kier molecular flexibility index (Phi) is 25.8. The Morgan fingerprint density at radius 2 is 1.12 bits per heavy atom. The Labute approximate surface area is 89.9 Å². The van der Waals surface area contributed by atoms with Crippen LogP contribution in [0.1, 0.15) is 0 Å². The summed E-state index contributed by atoms with van der Waals surface area (Å²) in [5.74, 6) is 0. The van der Waals surface area contributed by atoms with Crippen LogP contribution >= 0.6 is 7.82 Å². The Morgan fingerprint density at radius 1 is 1.12 bits per heavy atom. The number of rotatable bonds is 0. The van der Waals surface area contributed by atoms with Gasteiger partial charge in [-0.3, -0.25) is 0 Å². The normalized spacial score (nSPS) is 7.38. The molecule has 0 spiro atoms. The molecule has 36 valence electrons. The summed E-state index contributed by atoms with van der Waals surface area (Å²) in [6, 6.07) is 0. The van der Waals surface area contributed by atoms with E-state index in [4.69, 9.17) is 19.2 Å². The van der Waals surface area contributed by atoms with Crippen LogP contribution < -0.4 is 33.5 Å². The molecule has 0 atom stereocenters. The molecule has 0 N–H and O–H groups in total. The molecule has 8 heteroatoms. The van der Waals surface area contributed by atoms with Crippen molar-refractivity contribution in [3.05, 3.63) is 0 Å². The van der Waals surface area contributed by atoms with Gasteiger partial charge in [0.15, 0.2) is 0 Å². The predicted molar refractivity (Wildman–Crippen MR) is 13.4 cm³/mol. The van der Waals surface area contributed by atoms with Gasteiger partial charge in [0.2, 0.25) is 0 Å². The van der Waals surface area contributed by atoms with E-state index >= 15 is 0 Å². The molecule has 0 bridgehead atoms. The summed E-state index contributed by atoms with van der Waals surface area (Å²) in [5.41, 5.74) is 0. The van der Waals surface area contributed by atoms with Crippen LogP contribution in [0.25, 0.3) is 0 Å². The van der Waals surface area contributed by atoms with Gasteiger partial charge in [0.25, 0.3) is 0 Å². The van der Waals surface area contributed by atoms with Crippen LogP contribution in [-0.2, 0) is 26.3 Å². The molecule has 0 aliphatic rings. The Balaban J connectivity index is -0.0000000267. The van der Waals surface area contributed by atoms with Crippen molar-refractivity contribution in [3.63, 3.8) is 0 Å². The summed E-state index contributed by atoms with van der Waals surface area (Å²) in [4.78, 5) is 25.6. The molecule has 0 fully saturated rings. The molecule has 0 amide bonds. The van der Waals surface area contributed by atoms with E-state index in [1.807, 2.05) is 0 Å². The number of hydrogen-bond donors (Lipinski definition) is 0. The second-order valence-electron chi connectivity index (χ2n) is 0.447. The zero-order valence-electron chi connectivity index (χ0n) is 4.29. The molecular formula is LiMgO4PTi. The Morgan fingerprint density at radius 3 is 1.12 bits per heavy atom. The molecule has 0 radical (unpaired) electrons. The zero-order valence-corrected chi connectivity index (χ0v) is 8.16. The third-order valence-corrected chi connectivity index (χ3v) is 0. The molecule has 0 aromatic heterocycles. The molecule has 0 saturated carbocycles. The van der Waals surface area contributed by atoms with Gasteiger partial charge in [-0.15, -0.1) is 0 Å². The van der Waals surface area contributed by atoms with Crippen molar-refractivity contribution in [2.75, 3.05) is 0 Å². The largest absolute Gasteiger partial charge is 2.00 e. The Bertz CT molecular complexity index is 62.2. The minimum absolute atomic E-state index is 0. The van der Waals surface area contributed by atoms with Gasteiger partial charge in [-0.05, 0) is 0 Å². The first kappa shape index (κ1) is 22.5. The maximum atomic E-state index is 8.55. The fourth-order valence-corrected chi connectivity index (χ4v) is 0. The van der Waals surface area contributed by atoms with E-state index in [9.17, 15) is 0 Å². The summed E-state index contributed by atoms with van der Waals surface area (Å²) in [7, 11) is -5.39. The van der Waals surface area contributed by atoms with Crippen LogP contribution in [-0.4, -0.2) is 23.1 Å².